The van der Waals surface area contributed by atoms with Gasteiger partial charge in [-0.3, -0.25) is 0 Å². The Hall–Kier alpha value is -0.470. The standard InChI is InChI=1S/C8H4Cl3NO2S/c9-3-6-7(10)2-1-5(4-12)8(6)15(11,13)14/h1-2H,3H2. The normalized spacial score (nSPS) is 11.1. The van der Waals surface area contributed by atoms with Crippen LogP contribution in [-0.2, 0) is 14.9 Å². The highest BCUT2D eigenvalue weighted by Crippen LogP contribution is 2.30. The van der Waals surface area contributed by atoms with E-state index >= 15 is 0 Å². The molecule has 0 radical (unpaired) electrons. The van der Waals surface area contributed by atoms with Gasteiger partial charge in [0.05, 0.1) is 11.4 Å². The summed E-state index contributed by atoms with van der Waals surface area (Å²) in [5.41, 5.74) is 0.0810. The van der Waals surface area contributed by atoms with Gasteiger partial charge in [-0.15, -0.1) is 11.6 Å². The molecular formula is C8H4Cl3NO2S. The van der Waals surface area contributed by atoms with E-state index in [2.05, 4.69) is 0 Å². The maximum Gasteiger partial charge on any atom is 0.262 e. The van der Waals surface area contributed by atoms with Crippen molar-refractivity contribution in [1.29, 1.82) is 5.26 Å². The molecule has 0 amide bonds. The molecule has 1 aromatic rings. The second-order valence-electron chi connectivity index (χ2n) is 2.59. The van der Waals surface area contributed by atoms with Crippen molar-refractivity contribution >= 4 is 42.9 Å². The van der Waals surface area contributed by atoms with Crippen LogP contribution >= 0.6 is 33.9 Å². The number of halogens is 3. The Morgan fingerprint density at radius 2 is 2.00 bits per heavy atom. The van der Waals surface area contributed by atoms with Crippen LogP contribution in [0.4, 0.5) is 0 Å². The molecule has 7 heteroatoms. The van der Waals surface area contributed by atoms with Gasteiger partial charge >= 0.3 is 0 Å². The molecule has 0 aliphatic carbocycles. The molecule has 0 atom stereocenters. The molecule has 0 fully saturated rings. The Morgan fingerprint density at radius 1 is 1.40 bits per heavy atom. The first-order chi connectivity index (χ1) is 6.91. The molecule has 1 rings (SSSR count). The van der Waals surface area contributed by atoms with Crippen molar-refractivity contribution in [2.24, 2.45) is 0 Å². The Balaban J connectivity index is 3.73. The molecular weight excluding hydrogens is 281 g/mol. The molecule has 0 N–H and O–H groups in total. The molecule has 0 aliphatic heterocycles. The first kappa shape index (κ1) is 12.6. The maximum absolute atomic E-state index is 11.2. The van der Waals surface area contributed by atoms with Crippen molar-refractivity contribution in [3.8, 4) is 6.07 Å². The Morgan fingerprint density at radius 3 is 2.40 bits per heavy atom. The Kier molecular flexibility index (Phi) is 3.85. The second-order valence-corrected chi connectivity index (χ2v) is 5.76. The summed E-state index contributed by atoms with van der Waals surface area (Å²) in [5.74, 6) is -0.129. The van der Waals surface area contributed by atoms with E-state index < -0.39 is 9.05 Å². The van der Waals surface area contributed by atoms with Crippen LogP contribution in [0.5, 0.6) is 0 Å². The zero-order chi connectivity index (χ0) is 11.6. The van der Waals surface area contributed by atoms with Gasteiger partial charge in [0.2, 0.25) is 0 Å². The predicted octanol–water partition coefficient (Wildman–Crippen LogP) is 2.88. The SMILES string of the molecule is N#Cc1ccc(Cl)c(CCl)c1S(=O)(=O)Cl. The molecule has 1 aromatic carbocycles. The van der Waals surface area contributed by atoms with Crippen LogP contribution in [0, 0.1) is 11.3 Å². The quantitative estimate of drug-likeness (QED) is 0.620. The molecule has 15 heavy (non-hydrogen) atoms. The summed E-state index contributed by atoms with van der Waals surface area (Å²) >= 11 is 11.3. The summed E-state index contributed by atoms with van der Waals surface area (Å²) in [6.07, 6.45) is 0. The van der Waals surface area contributed by atoms with E-state index in [4.69, 9.17) is 39.1 Å². The topological polar surface area (TPSA) is 57.9 Å². The van der Waals surface area contributed by atoms with Gasteiger partial charge in [-0.1, -0.05) is 11.6 Å². The molecule has 3 nitrogen and oxygen atoms in total. The fourth-order valence-electron chi connectivity index (χ4n) is 1.09. The highest BCUT2D eigenvalue weighted by Gasteiger charge is 2.22. The van der Waals surface area contributed by atoms with Gasteiger partial charge < -0.3 is 0 Å². The molecule has 0 heterocycles. The zero-order valence-electron chi connectivity index (χ0n) is 7.17. The highest BCUT2D eigenvalue weighted by molar-refractivity contribution is 8.13. The fraction of sp³-hybridized carbons (Fsp3) is 0.125. The van der Waals surface area contributed by atoms with Gasteiger partial charge in [0.25, 0.3) is 9.05 Å². The molecule has 0 saturated heterocycles. The van der Waals surface area contributed by atoms with Crippen molar-refractivity contribution in [3.05, 3.63) is 28.3 Å². The summed E-state index contributed by atoms with van der Waals surface area (Å²) in [6.45, 7) is 0. The molecule has 0 saturated carbocycles. The van der Waals surface area contributed by atoms with Crippen LogP contribution < -0.4 is 0 Å². The number of nitrogens with zero attached hydrogens (tertiary/aromatic N) is 1. The third-order valence-electron chi connectivity index (χ3n) is 1.70. The van der Waals surface area contributed by atoms with E-state index in [1.54, 1.807) is 6.07 Å². The first-order valence-electron chi connectivity index (χ1n) is 3.64. The summed E-state index contributed by atoms with van der Waals surface area (Å²) < 4.78 is 22.5. The van der Waals surface area contributed by atoms with Gasteiger partial charge in [-0.25, -0.2) is 8.42 Å². The number of nitriles is 1. The third kappa shape index (κ3) is 2.56. The smallest absolute Gasteiger partial charge is 0.207 e. The lowest BCUT2D eigenvalue weighted by molar-refractivity contribution is 0.608. The number of hydrogen-bond donors (Lipinski definition) is 0. The van der Waals surface area contributed by atoms with E-state index in [1.807, 2.05) is 0 Å². The van der Waals surface area contributed by atoms with E-state index in [0.717, 1.165) is 0 Å². The number of alkyl halides is 1. The zero-order valence-corrected chi connectivity index (χ0v) is 10.3. The van der Waals surface area contributed by atoms with Crippen LogP contribution in [0.1, 0.15) is 11.1 Å². The van der Waals surface area contributed by atoms with Crippen LogP contribution in [0.15, 0.2) is 17.0 Å². The number of benzene rings is 1. The van der Waals surface area contributed by atoms with Gasteiger partial charge in [0.1, 0.15) is 11.0 Å². The Labute approximate surface area is 102 Å². The summed E-state index contributed by atoms with van der Waals surface area (Å²) in [4.78, 5) is -0.311. The summed E-state index contributed by atoms with van der Waals surface area (Å²) in [5, 5.41) is 8.90. The minimum Gasteiger partial charge on any atom is -0.207 e. The van der Waals surface area contributed by atoms with Gasteiger partial charge in [0.15, 0.2) is 0 Å². The molecule has 0 bridgehead atoms. The van der Waals surface area contributed by atoms with Gasteiger partial charge in [-0.2, -0.15) is 5.26 Å². The van der Waals surface area contributed by atoms with Crippen LogP contribution in [0.25, 0.3) is 0 Å². The fourth-order valence-corrected chi connectivity index (χ4v) is 3.18. The summed E-state index contributed by atoms with van der Waals surface area (Å²) in [7, 11) is 1.17. The molecule has 0 unspecified atom stereocenters. The maximum atomic E-state index is 11.2. The molecule has 0 aromatic heterocycles. The van der Waals surface area contributed by atoms with E-state index in [9.17, 15) is 8.42 Å². The molecule has 0 spiro atoms. The van der Waals surface area contributed by atoms with Gasteiger partial charge in [-0.05, 0) is 12.1 Å². The monoisotopic (exact) mass is 283 g/mol. The lowest BCUT2D eigenvalue weighted by Gasteiger charge is -2.07. The van der Waals surface area contributed by atoms with Crippen molar-refractivity contribution < 1.29 is 8.42 Å². The van der Waals surface area contributed by atoms with Crippen molar-refractivity contribution in [2.75, 3.05) is 0 Å². The number of hydrogen-bond acceptors (Lipinski definition) is 3. The number of rotatable bonds is 2. The lowest BCUT2D eigenvalue weighted by atomic mass is 10.1. The largest absolute Gasteiger partial charge is 0.262 e. The summed E-state index contributed by atoms with van der Waals surface area (Å²) in [6, 6.07) is 4.41. The van der Waals surface area contributed by atoms with E-state index in [1.165, 1.54) is 12.1 Å². The van der Waals surface area contributed by atoms with Gasteiger partial charge in [0, 0.05) is 21.3 Å². The van der Waals surface area contributed by atoms with Crippen molar-refractivity contribution in [1.82, 2.24) is 0 Å². The predicted molar refractivity (Wildman–Crippen MR) is 58.8 cm³/mol. The van der Waals surface area contributed by atoms with E-state index in [0.29, 0.717) is 0 Å². The minimum atomic E-state index is -4.03. The Bertz CT molecular complexity index is 534. The van der Waals surface area contributed by atoms with Crippen molar-refractivity contribution in [2.45, 2.75) is 10.8 Å². The average molecular weight is 285 g/mol. The first-order valence-corrected chi connectivity index (χ1v) is 6.86. The highest BCUT2D eigenvalue weighted by atomic mass is 35.7. The van der Waals surface area contributed by atoms with E-state index in [-0.39, 0.29) is 26.9 Å². The van der Waals surface area contributed by atoms with Crippen molar-refractivity contribution in [3.63, 3.8) is 0 Å². The van der Waals surface area contributed by atoms with Crippen LogP contribution in [0.2, 0.25) is 5.02 Å². The second kappa shape index (κ2) is 4.58. The third-order valence-corrected chi connectivity index (χ3v) is 3.74. The lowest BCUT2D eigenvalue weighted by Crippen LogP contribution is -2.01. The average Bonchev–Trinajstić information content (AvgIpc) is 2.15. The van der Waals surface area contributed by atoms with Crippen LogP contribution in [0.3, 0.4) is 0 Å². The minimum absolute atomic E-state index is 0.0648. The molecule has 0 aliphatic rings. The molecule has 80 valence electrons. The van der Waals surface area contributed by atoms with Crippen LogP contribution in [-0.4, -0.2) is 8.42 Å².